The summed E-state index contributed by atoms with van der Waals surface area (Å²) in [4.78, 5) is 13.7. The third-order valence-electron chi connectivity index (χ3n) is 3.24. The molecule has 3 heteroatoms. The molecule has 1 aromatic carbocycles. The predicted molar refractivity (Wildman–Crippen MR) is 62.4 cm³/mol. The molecule has 0 spiro atoms. The normalized spacial score (nSPS) is 15.6. The van der Waals surface area contributed by atoms with Gasteiger partial charge in [0.15, 0.2) is 0 Å². The van der Waals surface area contributed by atoms with Crippen LogP contribution in [0, 0.1) is 5.92 Å². The zero-order chi connectivity index (χ0) is 11.5. The molecule has 1 aliphatic carbocycles. The quantitative estimate of drug-likeness (QED) is 0.847. The van der Waals surface area contributed by atoms with Crippen molar-refractivity contribution in [1.29, 1.82) is 0 Å². The SMILES string of the molecule is CN(CC1CCC1)C(=O)c1ccccc1O. The molecule has 1 amide bonds. The number of hydrogen-bond donors (Lipinski definition) is 1. The van der Waals surface area contributed by atoms with E-state index in [4.69, 9.17) is 0 Å². The topological polar surface area (TPSA) is 40.5 Å². The minimum absolute atomic E-state index is 0.0629. The fourth-order valence-electron chi connectivity index (χ4n) is 2.01. The molecule has 3 nitrogen and oxygen atoms in total. The first kappa shape index (κ1) is 11.0. The van der Waals surface area contributed by atoms with Gasteiger partial charge < -0.3 is 10.0 Å². The van der Waals surface area contributed by atoms with Crippen LogP contribution in [0.2, 0.25) is 0 Å². The molecular weight excluding hydrogens is 202 g/mol. The Hall–Kier alpha value is -1.51. The zero-order valence-electron chi connectivity index (χ0n) is 9.52. The fourth-order valence-corrected chi connectivity index (χ4v) is 2.01. The first-order valence-electron chi connectivity index (χ1n) is 5.72. The molecule has 1 saturated carbocycles. The van der Waals surface area contributed by atoms with E-state index in [1.54, 1.807) is 36.2 Å². The molecule has 2 rings (SSSR count). The lowest BCUT2D eigenvalue weighted by Gasteiger charge is -2.30. The average Bonchev–Trinajstić information content (AvgIpc) is 2.23. The van der Waals surface area contributed by atoms with Gasteiger partial charge >= 0.3 is 0 Å². The first-order valence-corrected chi connectivity index (χ1v) is 5.72. The van der Waals surface area contributed by atoms with Crippen LogP contribution in [0.3, 0.4) is 0 Å². The highest BCUT2D eigenvalue weighted by Gasteiger charge is 2.22. The van der Waals surface area contributed by atoms with Crippen LogP contribution in [0.1, 0.15) is 29.6 Å². The largest absolute Gasteiger partial charge is 0.507 e. The number of hydrogen-bond acceptors (Lipinski definition) is 2. The minimum Gasteiger partial charge on any atom is -0.507 e. The van der Waals surface area contributed by atoms with Crippen LogP contribution in [-0.4, -0.2) is 29.5 Å². The predicted octanol–water partition coefficient (Wildman–Crippen LogP) is 2.26. The summed E-state index contributed by atoms with van der Waals surface area (Å²) < 4.78 is 0. The van der Waals surface area contributed by atoms with E-state index in [0.717, 1.165) is 6.54 Å². The van der Waals surface area contributed by atoms with Crippen LogP contribution in [0.25, 0.3) is 0 Å². The van der Waals surface area contributed by atoms with E-state index in [1.165, 1.54) is 19.3 Å². The number of amides is 1. The zero-order valence-corrected chi connectivity index (χ0v) is 9.52. The second-order valence-electron chi connectivity index (χ2n) is 4.50. The second kappa shape index (κ2) is 4.56. The van der Waals surface area contributed by atoms with Crippen LogP contribution < -0.4 is 0 Å². The standard InChI is InChI=1S/C13H17NO2/c1-14(9-10-5-4-6-10)13(16)11-7-2-3-8-12(11)15/h2-3,7-8,10,15H,4-6,9H2,1H3. The highest BCUT2D eigenvalue weighted by atomic mass is 16.3. The number of carbonyl (C=O) groups excluding carboxylic acids is 1. The van der Waals surface area contributed by atoms with Crippen molar-refractivity contribution < 1.29 is 9.90 Å². The number of phenols is 1. The van der Waals surface area contributed by atoms with Gasteiger partial charge in [0, 0.05) is 13.6 Å². The molecule has 1 N–H and O–H groups in total. The van der Waals surface area contributed by atoms with E-state index >= 15 is 0 Å². The Kier molecular flexibility index (Phi) is 3.13. The van der Waals surface area contributed by atoms with Crippen molar-refractivity contribution in [2.45, 2.75) is 19.3 Å². The molecule has 0 aliphatic heterocycles. The summed E-state index contributed by atoms with van der Waals surface area (Å²) >= 11 is 0. The number of para-hydroxylation sites is 1. The lowest BCUT2D eigenvalue weighted by molar-refractivity contribution is 0.0742. The number of carbonyl (C=O) groups is 1. The van der Waals surface area contributed by atoms with Gasteiger partial charge in [0.1, 0.15) is 5.75 Å². The highest BCUT2D eigenvalue weighted by molar-refractivity contribution is 5.96. The molecule has 1 aromatic rings. The number of rotatable bonds is 3. The molecule has 0 atom stereocenters. The molecule has 1 aliphatic rings. The van der Waals surface area contributed by atoms with Crippen molar-refractivity contribution in [1.82, 2.24) is 4.90 Å². The van der Waals surface area contributed by atoms with Crippen LogP contribution in [0.15, 0.2) is 24.3 Å². The van der Waals surface area contributed by atoms with Crippen LogP contribution in [0.5, 0.6) is 5.75 Å². The van der Waals surface area contributed by atoms with Crippen molar-refractivity contribution in [2.24, 2.45) is 5.92 Å². The Labute approximate surface area is 95.7 Å². The summed E-state index contributed by atoms with van der Waals surface area (Å²) in [5.41, 5.74) is 0.393. The van der Waals surface area contributed by atoms with Crippen molar-refractivity contribution in [3.8, 4) is 5.75 Å². The molecule has 0 bridgehead atoms. The lowest BCUT2D eigenvalue weighted by atomic mass is 9.85. The van der Waals surface area contributed by atoms with Gasteiger partial charge in [-0.3, -0.25) is 4.79 Å². The lowest BCUT2D eigenvalue weighted by Crippen LogP contribution is -2.34. The maximum absolute atomic E-state index is 12.0. The Balaban J connectivity index is 2.03. The summed E-state index contributed by atoms with van der Waals surface area (Å²) in [6.45, 7) is 0.799. The molecule has 0 heterocycles. The van der Waals surface area contributed by atoms with E-state index in [-0.39, 0.29) is 11.7 Å². The molecule has 86 valence electrons. The minimum atomic E-state index is -0.0926. The van der Waals surface area contributed by atoms with Gasteiger partial charge in [-0.15, -0.1) is 0 Å². The average molecular weight is 219 g/mol. The Bertz CT molecular complexity index is 385. The molecule has 16 heavy (non-hydrogen) atoms. The maximum Gasteiger partial charge on any atom is 0.257 e. The molecule has 0 radical (unpaired) electrons. The van der Waals surface area contributed by atoms with Gasteiger partial charge in [-0.2, -0.15) is 0 Å². The molecule has 0 saturated heterocycles. The number of aromatic hydroxyl groups is 1. The van der Waals surface area contributed by atoms with Crippen LogP contribution in [0.4, 0.5) is 0 Å². The maximum atomic E-state index is 12.0. The smallest absolute Gasteiger partial charge is 0.257 e. The van der Waals surface area contributed by atoms with Crippen molar-refractivity contribution in [3.05, 3.63) is 29.8 Å². The number of benzene rings is 1. The van der Waals surface area contributed by atoms with Crippen molar-refractivity contribution in [3.63, 3.8) is 0 Å². The van der Waals surface area contributed by atoms with E-state index in [9.17, 15) is 9.90 Å². The van der Waals surface area contributed by atoms with Gasteiger partial charge in [-0.1, -0.05) is 18.6 Å². The monoisotopic (exact) mass is 219 g/mol. The highest BCUT2D eigenvalue weighted by Crippen LogP contribution is 2.27. The summed E-state index contributed by atoms with van der Waals surface area (Å²) in [5, 5.41) is 9.59. The van der Waals surface area contributed by atoms with Gasteiger partial charge in [0.25, 0.3) is 5.91 Å². The Morgan fingerprint density at radius 3 is 2.69 bits per heavy atom. The van der Waals surface area contributed by atoms with Crippen molar-refractivity contribution >= 4 is 5.91 Å². The molecule has 0 unspecified atom stereocenters. The van der Waals surface area contributed by atoms with Gasteiger partial charge in [-0.05, 0) is 30.9 Å². The van der Waals surface area contributed by atoms with E-state index in [0.29, 0.717) is 11.5 Å². The summed E-state index contributed by atoms with van der Waals surface area (Å²) in [5.74, 6) is 0.623. The number of phenolic OH excluding ortho intramolecular Hbond substituents is 1. The van der Waals surface area contributed by atoms with Crippen LogP contribution >= 0.6 is 0 Å². The Morgan fingerprint density at radius 1 is 1.44 bits per heavy atom. The summed E-state index contributed by atoms with van der Waals surface area (Å²) in [6, 6.07) is 6.70. The summed E-state index contributed by atoms with van der Waals surface area (Å²) in [7, 11) is 1.80. The van der Waals surface area contributed by atoms with E-state index in [2.05, 4.69) is 0 Å². The number of nitrogens with zero attached hydrogens (tertiary/aromatic N) is 1. The van der Waals surface area contributed by atoms with Gasteiger partial charge in [-0.25, -0.2) is 0 Å². The molecule has 0 aromatic heterocycles. The van der Waals surface area contributed by atoms with E-state index in [1.807, 2.05) is 0 Å². The van der Waals surface area contributed by atoms with E-state index < -0.39 is 0 Å². The van der Waals surface area contributed by atoms with Crippen LogP contribution in [-0.2, 0) is 0 Å². The van der Waals surface area contributed by atoms with Crippen molar-refractivity contribution in [2.75, 3.05) is 13.6 Å². The third-order valence-corrected chi connectivity index (χ3v) is 3.24. The fraction of sp³-hybridized carbons (Fsp3) is 0.462. The molecule has 1 fully saturated rings. The third kappa shape index (κ3) is 2.18. The van der Waals surface area contributed by atoms with Gasteiger partial charge in [0.2, 0.25) is 0 Å². The first-order chi connectivity index (χ1) is 7.68. The summed E-state index contributed by atoms with van der Waals surface area (Å²) in [6.07, 6.45) is 3.72. The Morgan fingerprint density at radius 2 is 2.12 bits per heavy atom. The second-order valence-corrected chi connectivity index (χ2v) is 4.50. The van der Waals surface area contributed by atoms with Gasteiger partial charge in [0.05, 0.1) is 5.56 Å². The molecular formula is C13H17NO2.